The third-order valence-electron chi connectivity index (χ3n) is 5.04. The van der Waals surface area contributed by atoms with E-state index in [0.29, 0.717) is 18.0 Å². The lowest BCUT2D eigenvalue weighted by Gasteiger charge is -2.27. The maximum Gasteiger partial charge on any atom is 0.252 e. The number of aromatic nitrogens is 1. The molecular weight excluding hydrogens is 322 g/mol. The van der Waals surface area contributed by atoms with Crippen LogP contribution in [0.4, 0.5) is 0 Å². The van der Waals surface area contributed by atoms with Crippen LogP contribution in [0.15, 0.2) is 48.5 Å². The molecule has 1 aliphatic rings. The number of amides is 1. The number of fused-ring (bicyclic) bond motifs is 1. The van der Waals surface area contributed by atoms with Crippen molar-refractivity contribution in [3.05, 3.63) is 65.2 Å². The van der Waals surface area contributed by atoms with Gasteiger partial charge in [0.1, 0.15) is 0 Å². The average molecular weight is 345 g/mol. The maximum atomic E-state index is 12.9. The molecular formula is C22H23N3O. The fourth-order valence-electron chi connectivity index (χ4n) is 3.43. The number of hydrogen-bond donors (Lipinski definition) is 2. The van der Waals surface area contributed by atoms with Crippen LogP contribution in [0.5, 0.6) is 0 Å². The van der Waals surface area contributed by atoms with Gasteiger partial charge in [-0.2, -0.15) is 0 Å². The molecule has 4 heteroatoms. The molecule has 4 rings (SSSR count). The molecule has 132 valence electrons. The number of rotatable bonds is 4. The predicted octanol–water partition coefficient (Wildman–Crippen LogP) is 3.47. The van der Waals surface area contributed by atoms with Crippen LogP contribution in [0.25, 0.3) is 22.2 Å². The number of carbonyl (C=O) groups excluding carboxylic acids is 1. The second kappa shape index (κ2) is 6.89. The van der Waals surface area contributed by atoms with Gasteiger partial charge in [-0.25, -0.2) is 4.98 Å². The molecule has 1 saturated heterocycles. The number of carbonyl (C=O) groups is 1. The highest BCUT2D eigenvalue weighted by Gasteiger charge is 2.19. The Morgan fingerprint density at radius 3 is 2.69 bits per heavy atom. The van der Waals surface area contributed by atoms with Crippen LogP contribution in [0.1, 0.15) is 21.5 Å². The molecule has 0 radical (unpaired) electrons. The van der Waals surface area contributed by atoms with Crippen LogP contribution in [0.3, 0.4) is 0 Å². The number of aryl methyl sites for hydroxylation is 2. The Morgan fingerprint density at radius 2 is 1.96 bits per heavy atom. The van der Waals surface area contributed by atoms with E-state index in [0.717, 1.165) is 35.2 Å². The van der Waals surface area contributed by atoms with Crippen molar-refractivity contribution >= 4 is 16.8 Å². The van der Waals surface area contributed by atoms with E-state index in [2.05, 4.69) is 42.7 Å². The van der Waals surface area contributed by atoms with Crippen molar-refractivity contribution in [2.75, 3.05) is 19.6 Å². The first-order valence-corrected chi connectivity index (χ1v) is 9.08. The SMILES string of the molecule is Cc1ccc(-c2cc(C(=O)NCC3CNC3)c3ccccc3n2)c(C)c1. The van der Waals surface area contributed by atoms with Crippen molar-refractivity contribution in [2.45, 2.75) is 13.8 Å². The standard InChI is InChI=1S/C22H23N3O/c1-14-7-8-17(15(2)9-14)21-10-19(18-5-3-4-6-20(18)25-21)22(26)24-13-16-11-23-12-16/h3-10,16,23H,11-13H2,1-2H3,(H,24,26). The Bertz CT molecular complexity index is 976. The van der Waals surface area contributed by atoms with Gasteiger partial charge in [-0.3, -0.25) is 4.79 Å². The molecule has 0 atom stereocenters. The Kier molecular flexibility index (Phi) is 4.43. The first kappa shape index (κ1) is 16.7. The summed E-state index contributed by atoms with van der Waals surface area (Å²) in [5.41, 5.74) is 5.84. The van der Waals surface area contributed by atoms with Crippen LogP contribution in [-0.4, -0.2) is 30.5 Å². The van der Waals surface area contributed by atoms with Crippen molar-refractivity contribution in [3.63, 3.8) is 0 Å². The van der Waals surface area contributed by atoms with E-state index in [1.54, 1.807) is 0 Å². The van der Waals surface area contributed by atoms with Gasteiger partial charge in [-0.05, 0) is 31.5 Å². The largest absolute Gasteiger partial charge is 0.352 e. The number of benzene rings is 2. The summed E-state index contributed by atoms with van der Waals surface area (Å²) in [5, 5.41) is 7.22. The molecule has 4 nitrogen and oxygen atoms in total. The maximum absolute atomic E-state index is 12.9. The quantitative estimate of drug-likeness (QED) is 0.761. The number of nitrogens with one attached hydrogen (secondary N) is 2. The third kappa shape index (κ3) is 3.20. The van der Waals surface area contributed by atoms with Gasteiger partial charge in [-0.1, -0.05) is 42.0 Å². The molecule has 2 N–H and O–H groups in total. The van der Waals surface area contributed by atoms with E-state index in [1.165, 1.54) is 11.1 Å². The second-order valence-electron chi connectivity index (χ2n) is 7.12. The lowest BCUT2D eigenvalue weighted by molar-refractivity contribution is 0.0944. The molecule has 0 unspecified atom stereocenters. The van der Waals surface area contributed by atoms with Crippen LogP contribution in [-0.2, 0) is 0 Å². The van der Waals surface area contributed by atoms with Crippen molar-refractivity contribution in [2.24, 2.45) is 5.92 Å². The van der Waals surface area contributed by atoms with Gasteiger partial charge in [0.05, 0.1) is 16.8 Å². The minimum absolute atomic E-state index is 0.0264. The topological polar surface area (TPSA) is 54.0 Å². The van der Waals surface area contributed by atoms with Gasteiger partial charge in [0, 0.05) is 36.5 Å². The molecule has 1 aliphatic heterocycles. The van der Waals surface area contributed by atoms with Crippen molar-refractivity contribution in [1.82, 2.24) is 15.6 Å². The summed E-state index contributed by atoms with van der Waals surface area (Å²) in [7, 11) is 0. The molecule has 3 aromatic rings. The Balaban J connectivity index is 1.76. The summed E-state index contributed by atoms with van der Waals surface area (Å²) in [6, 6.07) is 16.1. The Labute approximate surface area is 153 Å². The first-order chi connectivity index (χ1) is 12.6. The molecule has 1 aromatic heterocycles. The van der Waals surface area contributed by atoms with Crippen LogP contribution in [0.2, 0.25) is 0 Å². The highest BCUT2D eigenvalue weighted by molar-refractivity contribution is 6.07. The summed E-state index contributed by atoms with van der Waals surface area (Å²) >= 11 is 0. The number of pyridine rings is 1. The minimum atomic E-state index is -0.0264. The molecule has 0 saturated carbocycles. The first-order valence-electron chi connectivity index (χ1n) is 9.08. The summed E-state index contributed by atoms with van der Waals surface area (Å²) in [5.74, 6) is 0.507. The van der Waals surface area contributed by atoms with E-state index in [1.807, 2.05) is 30.3 Å². The van der Waals surface area contributed by atoms with Gasteiger partial charge in [0.15, 0.2) is 0 Å². The van der Waals surface area contributed by atoms with Crippen molar-refractivity contribution < 1.29 is 4.79 Å². The molecule has 1 amide bonds. The second-order valence-corrected chi connectivity index (χ2v) is 7.12. The number of para-hydroxylation sites is 1. The van der Waals surface area contributed by atoms with E-state index in [9.17, 15) is 4.79 Å². The number of hydrogen-bond acceptors (Lipinski definition) is 3. The minimum Gasteiger partial charge on any atom is -0.352 e. The Hall–Kier alpha value is -2.72. The van der Waals surface area contributed by atoms with Crippen LogP contribution < -0.4 is 10.6 Å². The molecule has 2 aromatic carbocycles. The highest BCUT2D eigenvalue weighted by Crippen LogP contribution is 2.27. The van der Waals surface area contributed by atoms with Crippen LogP contribution in [0, 0.1) is 19.8 Å². The molecule has 0 bridgehead atoms. The van der Waals surface area contributed by atoms with Gasteiger partial charge in [-0.15, -0.1) is 0 Å². The van der Waals surface area contributed by atoms with Gasteiger partial charge >= 0.3 is 0 Å². The van der Waals surface area contributed by atoms with E-state index < -0.39 is 0 Å². The fourth-order valence-corrected chi connectivity index (χ4v) is 3.43. The Morgan fingerprint density at radius 1 is 1.15 bits per heavy atom. The fraction of sp³-hybridized carbons (Fsp3) is 0.273. The van der Waals surface area contributed by atoms with Gasteiger partial charge < -0.3 is 10.6 Å². The van der Waals surface area contributed by atoms with Gasteiger partial charge in [0.25, 0.3) is 5.91 Å². The zero-order chi connectivity index (χ0) is 18.1. The smallest absolute Gasteiger partial charge is 0.252 e. The lowest BCUT2D eigenvalue weighted by Crippen LogP contribution is -2.48. The number of nitrogens with zero attached hydrogens (tertiary/aromatic N) is 1. The molecule has 26 heavy (non-hydrogen) atoms. The van der Waals surface area contributed by atoms with Crippen molar-refractivity contribution in [1.29, 1.82) is 0 Å². The monoisotopic (exact) mass is 345 g/mol. The summed E-state index contributed by atoms with van der Waals surface area (Å²) in [6.45, 7) is 6.83. The summed E-state index contributed by atoms with van der Waals surface area (Å²) in [4.78, 5) is 17.7. The molecule has 0 aliphatic carbocycles. The van der Waals surface area contributed by atoms with Crippen LogP contribution >= 0.6 is 0 Å². The summed E-state index contributed by atoms with van der Waals surface area (Å²) < 4.78 is 0. The normalized spacial score (nSPS) is 14.2. The zero-order valence-electron chi connectivity index (χ0n) is 15.2. The lowest BCUT2D eigenvalue weighted by atomic mass is 9.99. The molecule has 0 spiro atoms. The predicted molar refractivity (Wildman–Crippen MR) is 105 cm³/mol. The molecule has 1 fully saturated rings. The average Bonchev–Trinajstić information content (AvgIpc) is 2.59. The zero-order valence-corrected chi connectivity index (χ0v) is 15.2. The third-order valence-corrected chi connectivity index (χ3v) is 5.04. The van der Waals surface area contributed by atoms with E-state index in [-0.39, 0.29) is 5.91 Å². The van der Waals surface area contributed by atoms with Crippen molar-refractivity contribution in [3.8, 4) is 11.3 Å². The molecule has 2 heterocycles. The van der Waals surface area contributed by atoms with E-state index in [4.69, 9.17) is 4.98 Å². The highest BCUT2D eigenvalue weighted by atomic mass is 16.1. The summed E-state index contributed by atoms with van der Waals surface area (Å²) in [6.07, 6.45) is 0. The van der Waals surface area contributed by atoms with E-state index >= 15 is 0 Å². The van der Waals surface area contributed by atoms with Gasteiger partial charge in [0.2, 0.25) is 0 Å².